The van der Waals surface area contributed by atoms with Crippen molar-refractivity contribution in [2.75, 3.05) is 31.2 Å². The molecule has 1 aromatic carbocycles. The number of benzene rings is 1. The van der Waals surface area contributed by atoms with Crippen molar-refractivity contribution in [3.63, 3.8) is 0 Å². The van der Waals surface area contributed by atoms with Crippen LogP contribution >= 0.6 is 0 Å². The molecule has 0 bridgehead atoms. The monoisotopic (exact) mass is 329 g/mol. The number of pyridine rings is 1. The van der Waals surface area contributed by atoms with Crippen LogP contribution in [-0.2, 0) is 22.5 Å². The first kappa shape index (κ1) is 16.4. The summed E-state index contributed by atoms with van der Waals surface area (Å²) in [6.45, 7) is 3.48. The second-order valence-corrected chi connectivity index (χ2v) is 5.71. The highest BCUT2D eigenvalue weighted by Gasteiger charge is 2.12. The average Bonchev–Trinajstić information content (AvgIpc) is 2.61. The second-order valence-electron chi connectivity index (χ2n) is 5.71. The van der Waals surface area contributed by atoms with E-state index in [0.717, 1.165) is 24.5 Å². The summed E-state index contributed by atoms with van der Waals surface area (Å²) < 4.78 is 18.5. The molecule has 1 aliphatic heterocycles. The van der Waals surface area contributed by atoms with Crippen LogP contribution in [-0.4, -0.2) is 37.2 Å². The third-order valence-corrected chi connectivity index (χ3v) is 3.89. The minimum Gasteiger partial charge on any atom is -0.378 e. The van der Waals surface area contributed by atoms with Gasteiger partial charge in [-0.2, -0.15) is 0 Å². The van der Waals surface area contributed by atoms with E-state index in [1.54, 1.807) is 18.3 Å². The number of aromatic nitrogens is 1. The first-order valence-electron chi connectivity index (χ1n) is 7.99. The van der Waals surface area contributed by atoms with Crippen LogP contribution < -0.4 is 10.2 Å². The summed E-state index contributed by atoms with van der Waals surface area (Å²) in [5.74, 6) is 0.435. The Kier molecular flexibility index (Phi) is 5.38. The fourth-order valence-electron chi connectivity index (χ4n) is 2.63. The lowest BCUT2D eigenvalue weighted by Crippen LogP contribution is -2.36. The predicted molar refractivity (Wildman–Crippen MR) is 89.2 cm³/mol. The minimum atomic E-state index is -0.329. The molecule has 1 saturated heterocycles. The largest absolute Gasteiger partial charge is 0.378 e. The van der Waals surface area contributed by atoms with Crippen molar-refractivity contribution in [1.29, 1.82) is 0 Å². The van der Waals surface area contributed by atoms with Gasteiger partial charge in [0, 0.05) is 25.8 Å². The van der Waals surface area contributed by atoms with Gasteiger partial charge >= 0.3 is 0 Å². The zero-order valence-electron chi connectivity index (χ0n) is 13.4. The van der Waals surface area contributed by atoms with Crippen molar-refractivity contribution < 1.29 is 13.9 Å². The molecule has 5 nitrogen and oxygen atoms in total. The Balaban J connectivity index is 1.55. The third kappa shape index (κ3) is 4.52. The van der Waals surface area contributed by atoms with Gasteiger partial charge in [-0.3, -0.25) is 4.79 Å². The molecule has 1 amide bonds. The molecule has 0 radical (unpaired) electrons. The third-order valence-electron chi connectivity index (χ3n) is 3.89. The van der Waals surface area contributed by atoms with Gasteiger partial charge < -0.3 is 15.0 Å². The molecule has 1 N–H and O–H groups in total. The lowest BCUT2D eigenvalue weighted by atomic mass is 10.1. The van der Waals surface area contributed by atoms with E-state index in [2.05, 4.69) is 15.2 Å². The number of nitrogens with zero attached hydrogens (tertiary/aromatic N) is 2. The highest BCUT2D eigenvalue weighted by atomic mass is 19.1. The number of ether oxygens (including phenoxy) is 1. The maximum atomic E-state index is 13.1. The topological polar surface area (TPSA) is 54.5 Å². The van der Waals surface area contributed by atoms with E-state index < -0.39 is 0 Å². The van der Waals surface area contributed by atoms with Crippen LogP contribution in [0.3, 0.4) is 0 Å². The lowest BCUT2D eigenvalue weighted by molar-refractivity contribution is -0.120. The van der Waals surface area contributed by atoms with Gasteiger partial charge in [-0.1, -0.05) is 12.1 Å². The van der Waals surface area contributed by atoms with Gasteiger partial charge in [0.05, 0.1) is 19.6 Å². The van der Waals surface area contributed by atoms with Crippen LogP contribution in [0.1, 0.15) is 11.1 Å². The molecule has 0 unspecified atom stereocenters. The van der Waals surface area contributed by atoms with Gasteiger partial charge in [0.15, 0.2) is 0 Å². The Bertz CT molecular complexity index is 702. The van der Waals surface area contributed by atoms with E-state index in [0.29, 0.717) is 25.3 Å². The summed E-state index contributed by atoms with van der Waals surface area (Å²) >= 11 is 0. The molecule has 2 aromatic rings. The minimum absolute atomic E-state index is 0.134. The van der Waals surface area contributed by atoms with E-state index in [-0.39, 0.29) is 18.1 Å². The maximum Gasteiger partial charge on any atom is 0.224 e. The fraction of sp³-hybridized carbons (Fsp3) is 0.333. The lowest BCUT2D eigenvalue weighted by Gasteiger charge is -2.28. The quantitative estimate of drug-likeness (QED) is 0.910. The number of hydrogen-bond acceptors (Lipinski definition) is 4. The molecule has 0 spiro atoms. The molecule has 3 rings (SSSR count). The number of hydrogen-bond donors (Lipinski definition) is 1. The Hall–Kier alpha value is -2.47. The predicted octanol–water partition coefficient (Wildman–Crippen LogP) is 1.92. The Labute approximate surface area is 140 Å². The van der Waals surface area contributed by atoms with Gasteiger partial charge in [0.25, 0.3) is 0 Å². The standard InChI is InChI=1S/C18H20FN3O2/c19-16-3-1-2-14(10-16)12-18(23)21-13-15-4-5-20-17(11-15)22-6-8-24-9-7-22/h1-5,10-11H,6-9,12-13H2,(H,21,23). The number of anilines is 1. The zero-order valence-corrected chi connectivity index (χ0v) is 13.4. The van der Waals surface area contributed by atoms with E-state index in [1.807, 2.05) is 12.1 Å². The highest BCUT2D eigenvalue weighted by molar-refractivity contribution is 5.78. The van der Waals surface area contributed by atoms with Crippen LogP contribution in [0.5, 0.6) is 0 Å². The Morgan fingerprint density at radius 3 is 2.83 bits per heavy atom. The number of carbonyl (C=O) groups is 1. The molecule has 0 aliphatic carbocycles. The van der Waals surface area contributed by atoms with Gasteiger partial charge in [-0.15, -0.1) is 0 Å². The number of amides is 1. The average molecular weight is 329 g/mol. The zero-order chi connectivity index (χ0) is 16.8. The SMILES string of the molecule is O=C(Cc1cccc(F)c1)NCc1ccnc(N2CCOCC2)c1. The second kappa shape index (κ2) is 7.88. The van der Waals surface area contributed by atoms with E-state index in [9.17, 15) is 9.18 Å². The molecular weight excluding hydrogens is 309 g/mol. The molecular formula is C18H20FN3O2. The summed E-state index contributed by atoms with van der Waals surface area (Å²) in [6, 6.07) is 9.95. The van der Waals surface area contributed by atoms with Crippen molar-refractivity contribution >= 4 is 11.7 Å². The number of carbonyl (C=O) groups excluding carboxylic acids is 1. The van der Waals surface area contributed by atoms with Crippen molar-refractivity contribution in [3.05, 3.63) is 59.5 Å². The van der Waals surface area contributed by atoms with E-state index >= 15 is 0 Å². The molecule has 1 fully saturated rings. The molecule has 126 valence electrons. The normalized spacial score (nSPS) is 14.5. The van der Waals surface area contributed by atoms with Gasteiger partial charge in [0.2, 0.25) is 5.91 Å². The van der Waals surface area contributed by atoms with E-state index in [4.69, 9.17) is 4.74 Å². The molecule has 6 heteroatoms. The Morgan fingerprint density at radius 2 is 2.04 bits per heavy atom. The van der Waals surface area contributed by atoms with E-state index in [1.165, 1.54) is 12.1 Å². The van der Waals surface area contributed by atoms with Crippen LogP contribution in [0.25, 0.3) is 0 Å². The van der Waals surface area contributed by atoms with Gasteiger partial charge in [-0.05, 0) is 35.4 Å². The fourth-order valence-corrected chi connectivity index (χ4v) is 2.63. The van der Waals surface area contributed by atoms with Gasteiger partial charge in [0.1, 0.15) is 11.6 Å². The molecule has 0 saturated carbocycles. The van der Waals surface area contributed by atoms with Crippen LogP contribution in [0.15, 0.2) is 42.6 Å². The molecule has 24 heavy (non-hydrogen) atoms. The summed E-state index contributed by atoms with van der Waals surface area (Å²) in [7, 11) is 0. The van der Waals surface area contributed by atoms with Crippen LogP contribution in [0, 0.1) is 5.82 Å². The first-order chi connectivity index (χ1) is 11.7. The maximum absolute atomic E-state index is 13.1. The van der Waals surface area contributed by atoms with Crippen molar-refractivity contribution in [2.45, 2.75) is 13.0 Å². The molecule has 2 heterocycles. The van der Waals surface area contributed by atoms with Crippen LogP contribution in [0.2, 0.25) is 0 Å². The Morgan fingerprint density at radius 1 is 1.21 bits per heavy atom. The molecule has 1 aromatic heterocycles. The summed E-state index contributed by atoms with van der Waals surface area (Å²) in [5.41, 5.74) is 1.65. The van der Waals surface area contributed by atoms with Gasteiger partial charge in [-0.25, -0.2) is 9.37 Å². The summed E-state index contributed by atoms with van der Waals surface area (Å²) in [6.07, 6.45) is 1.91. The van der Waals surface area contributed by atoms with Crippen molar-refractivity contribution in [1.82, 2.24) is 10.3 Å². The number of halogens is 1. The molecule has 0 atom stereocenters. The highest BCUT2D eigenvalue weighted by Crippen LogP contribution is 2.14. The van der Waals surface area contributed by atoms with Crippen molar-refractivity contribution in [2.24, 2.45) is 0 Å². The van der Waals surface area contributed by atoms with Crippen LogP contribution in [0.4, 0.5) is 10.2 Å². The van der Waals surface area contributed by atoms with Crippen molar-refractivity contribution in [3.8, 4) is 0 Å². The number of rotatable bonds is 5. The molecule has 1 aliphatic rings. The smallest absolute Gasteiger partial charge is 0.224 e. The number of nitrogens with one attached hydrogen (secondary N) is 1. The summed E-state index contributed by atoms with van der Waals surface area (Å²) in [5, 5.41) is 2.86. The summed E-state index contributed by atoms with van der Waals surface area (Å²) in [4.78, 5) is 18.6. The first-order valence-corrected chi connectivity index (χ1v) is 7.99. The number of morpholine rings is 1.